The molecule has 0 aliphatic carbocycles. The molecule has 0 N–H and O–H groups in total. The predicted octanol–water partition coefficient (Wildman–Crippen LogP) is 3.32. The molecule has 0 saturated carbocycles. The SMILES string of the molecule is CC(C)(OC(=O)c1cc([N+](=O)[O-])cc([N+](=O)[O-])c1)C(=O)c1ccccc1. The van der Waals surface area contributed by atoms with Gasteiger partial charge < -0.3 is 4.74 Å². The number of nitro groups is 2. The maximum atomic E-state index is 12.5. The molecule has 0 spiro atoms. The summed E-state index contributed by atoms with van der Waals surface area (Å²) in [5.41, 5.74) is -2.90. The van der Waals surface area contributed by atoms with E-state index in [4.69, 9.17) is 4.74 Å². The van der Waals surface area contributed by atoms with Crippen molar-refractivity contribution in [1.82, 2.24) is 0 Å². The zero-order chi connectivity index (χ0) is 19.5. The van der Waals surface area contributed by atoms with Gasteiger partial charge in [-0.3, -0.25) is 25.0 Å². The minimum Gasteiger partial charge on any atom is -0.448 e. The van der Waals surface area contributed by atoms with E-state index in [1.54, 1.807) is 30.3 Å². The van der Waals surface area contributed by atoms with Crippen molar-refractivity contribution in [1.29, 1.82) is 0 Å². The summed E-state index contributed by atoms with van der Waals surface area (Å²) in [6.45, 7) is 2.73. The molecule has 2 rings (SSSR count). The van der Waals surface area contributed by atoms with Crippen LogP contribution >= 0.6 is 0 Å². The molecule has 0 unspecified atom stereocenters. The number of ether oxygens (including phenoxy) is 1. The standard InChI is InChI=1S/C17H14N2O7/c1-17(2,15(20)11-6-4-3-5-7-11)26-16(21)12-8-13(18(22)23)10-14(9-12)19(24)25/h3-10H,1-2H3. The molecule has 0 heterocycles. The summed E-state index contributed by atoms with van der Waals surface area (Å²) in [5, 5.41) is 21.8. The number of hydrogen-bond donors (Lipinski definition) is 0. The number of Topliss-reactive ketones (excluding diaryl/α,β-unsaturated/α-hetero) is 1. The lowest BCUT2D eigenvalue weighted by molar-refractivity contribution is -0.394. The van der Waals surface area contributed by atoms with Crippen molar-refractivity contribution in [2.75, 3.05) is 0 Å². The molecule has 0 aliphatic rings. The maximum absolute atomic E-state index is 12.5. The lowest BCUT2D eigenvalue weighted by Gasteiger charge is -2.23. The van der Waals surface area contributed by atoms with Gasteiger partial charge in [0.05, 0.1) is 21.5 Å². The summed E-state index contributed by atoms with van der Waals surface area (Å²) in [5.74, 6) is -1.56. The van der Waals surface area contributed by atoms with Gasteiger partial charge in [0.2, 0.25) is 5.78 Å². The van der Waals surface area contributed by atoms with Crippen LogP contribution in [0.2, 0.25) is 0 Å². The predicted molar refractivity (Wildman–Crippen MR) is 90.0 cm³/mol. The first-order valence-corrected chi connectivity index (χ1v) is 7.39. The minimum absolute atomic E-state index is 0.315. The third-order valence-corrected chi connectivity index (χ3v) is 3.49. The lowest BCUT2D eigenvalue weighted by atomic mass is 9.96. The van der Waals surface area contributed by atoms with Gasteiger partial charge in [-0.15, -0.1) is 0 Å². The van der Waals surface area contributed by atoms with Crippen molar-refractivity contribution in [2.45, 2.75) is 19.4 Å². The lowest BCUT2D eigenvalue weighted by Crippen LogP contribution is -2.37. The number of esters is 1. The zero-order valence-electron chi connectivity index (χ0n) is 13.9. The molecule has 134 valence electrons. The van der Waals surface area contributed by atoms with E-state index >= 15 is 0 Å². The Kier molecular flexibility index (Phi) is 5.11. The largest absolute Gasteiger partial charge is 0.448 e. The molecular weight excluding hydrogens is 344 g/mol. The first-order valence-electron chi connectivity index (χ1n) is 7.39. The average Bonchev–Trinajstić information content (AvgIpc) is 2.60. The molecule has 26 heavy (non-hydrogen) atoms. The Morgan fingerprint density at radius 3 is 1.85 bits per heavy atom. The zero-order valence-corrected chi connectivity index (χ0v) is 13.9. The highest BCUT2D eigenvalue weighted by molar-refractivity contribution is 6.04. The third-order valence-electron chi connectivity index (χ3n) is 3.49. The molecule has 0 atom stereocenters. The van der Waals surface area contributed by atoms with E-state index in [0.717, 1.165) is 18.2 Å². The smallest absolute Gasteiger partial charge is 0.339 e. The molecule has 0 bridgehead atoms. The number of hydrogen-bond acceptors (Lipinski definition) is 7. The molecule has 9 heteroatoms. The summed E-state index contributed by atoms with van der Waals surface area (Å²) in [6.07, 6.45) is 0. The van der Waals surface area contributed by atoms with Gasteiger partial charge in [-0.25, -0.2) is 4.79 Å². The second-order valence-electron chi connectivity index (χ2n) is 5.85. The summed E-state index contributed by atoms with van der Waals surface area (Å²) in [7, 11) is 0. The Morgan fingerprint density at radius 1 is 0.885 bits per heavy atom. The molecule has 9 nitrogen and oxygen atoms in total. The van der Waals surface area contributed by atoms with Gasteiger partial charge in [0.25, 0.3) is 11.4 Å². The van der Waals surface area contributed by atoms with Crippen molar-refractivity contribution < 1.29 is 24.2 Å². The Balaban J connectivity index is 2.32. The molecule has 0 amide bonds. The average molecular weight is 358 g/mol. The normalized spacial score (nSPS) is 10.8. The minimum atomic E-state index is -1.57. The second-order valence-corrected chi connectivity index (χ2v) is 5.85. The van der Waals surface area contributed by atoms with Gasteiger partial charge in [-0.1, -0.05) is 30.3 Å². The van der Waals surface area contributed by atoms with Crippen LogP contribution in [0.25, 0.3) is 0 Å². The van der Waals surface area contributed by atoms with Crippen molar-refractivity contribution >= 4 is 23.1 Å². The first-order chi connectivity index (χ1) is 12.1. The van der Waals surface area contributed by atoms with Crippen molar-refractivity contribution in [3.8, 4) is 0 Å². The van der Waals surface area contributed by atoms with Gasteiger partial charge >= 0.3 is 5.97 Å². The summed E-state index contributed by atoms with van der Waals surface area (Å²) in [4.78, 5) is 44.9. The highest BCUT2D eigenvalue weighted by atomic mass is 16.6. The van der Waals surface area contributed by atoms with Gasteiger partial charge in [0.1, 0.15) is 0 Å². The van der Waals surface area contributed by atoms with Gasteiger partial charge in [-0.05, 0) is 13.8 Å². The molecule has 0 radical (unpaired) electrons. The molecule has 0 saturated heterocycles. The summed E-state index contributed by atoms with van der Waals surface area (Å²) in [6, 6.07) is 10.6. The van der Waals surface area contributed by atoms with E-state index in [-0.39, 0.29) is 5.56 Å². The Hall–Kier alpha value is -3.62. The number of ketones is 1. The number of carbonyl (C=O) groups excluding carboxylic acids is 2. The first kappa shape index (κ1) is 18.7. The summed E-state index contributed by atoms with van der Waals surface area (Å²) < 4.78 is 5.18. The van der Waals surface area contributed by atoms with E-state index in [1.165, 1.54) is 13.8 Å². The highest BCUT2D eigenvalue weighted by Crippen LogP contribution is 2.25. The fourth-order valence-electron chi connectivity index (χ4n) is 2.20. The van der Waals surface area contributed by atoms with Crippen LogP contribution in [-0.2, 0) is 4.74 Å². The number of non-ortho nitro benzene ring substituents is 2. The van der Waals surface area contributed by atoms with Crippen LogP contribution in [0.5, 0.6) is 0 Å². The Bertz CT molecular complexity index is 859. The fraction of sp³-hybridized carbons (Fsp3) is 0.176. The Labute approximate surface area is 147 Å². The monoisotopic (exact) mass is 358 g/mol. The number of nitrogens with zero attached hydrogens (tertiary/aromatic N) is 2. The molecule has 0 aliphatic heterocycles. The van der Waals surface area contributed by atoms with Crippen molar-refractivity contribution in [3.05, 3.63) is 79.9 Å². The quantitative estimate of drug-likeness (QED) is 0.335. The third kappa shape index (κ3) is 4.07. The van der Waals surface area contributed by atoms with Crippen LogP contribution in [0, 0.1) is 20.2 Å². The molecule has 2 aromatic carbocycles. The van der Waals surface area contributed by atoms with Crippen LogP contribution in [0.1, 0.15) is 34.6 Å². The molecule has 0 fully saturated rings. The Morgan fingerprint density at radius 2 is 1.38 bits per heavy atom. The van der Waals surface area contributed by atoms with Crippen LogP contribution < -0.4 is 0 Å². The molecule has 0 aromatic heterocycles. The van der Waals surface area contributed by atoms with Crippen LogP contribution in [-0.4, -0.2) is 27.2 Å². The van der Waals surface area contributed by atoms with E-state index in [9.17, 15) is 29.8 Å². The molecular formula is C17H14N2O7. The summed E-state index contributed by atoms with van der Waals surface area (Å²) >= 11 is 0. The van der Waals surface area contributed by atoms with Gasteiger partial charge in [0.15, 0.2) is 5.60 Å². The number of nitro benzene ring substituents is 2. The van der Waals surface area contributed by atoms with E-state index in [0.29, 0.717) is 5.56 Å². The second kappa shape index (κ2) is 7.09. The highest BCUT2D eigenvalue weighted by Gasteiger charge is 2.34. The maximum Gasteiger partial charge on any atom is 0.339 e. The number of benzene rings is 2. The van der Waals surface area contributed by atoms with Crippen LogP contribution in [0.15, 0.2) is 48.5 Å². The van der Waals surface area contributed by atoms with Crippen molar-refractivity contribution in [3.63, 3.8) is 0 Å². The topological polar surface area (TPSA) is 130 Å². The van der Waals surface area contributed by atoms with E-state index < -0.39 is 38.6 Å². The van der Waals surface area contributed by atoms with E-state index in [2.05, 4.69) is 0 Å². The van der Waals surface area contributed by atoms with Crippen molar-refractivity contribution in [2.24, 2.45) is 0 Å². The van der Waals surface area contributed by atoms with Crippen LogP contribution in [0.3, 0.4) is 0 Å². The molecule has 2 aromatic rings. The number of carbonyl (C=O) groups is 2. The van der Waals surface area contributed by atoms with Gasteiger partial charge in [-0.2, -0.15) is 0 Å². The van der Waals surface area contributed by atoms with Crippen LogP contribution in [0.4, 0.5) is 11.4 Å². The van der Waals surface area contributed by atoms with Gasteiger partial charge in [0, 0.05) is 17.7 Å². The fourth-order valence-corrected chi connectivity index (χ4v) is 2.20. The van der Waals surface area contributed by atoms with E-state index in [1.807, 2.05) is 0 Å². The number of rotatable bonds is 6.